The third kappa shape index (κ3) is 0.444. The Morgan fingerprint density at radius 1 is 1.80 bits per heavy atom. The topological polar surface area (TPSA) is 0 Å². The molecule has 0 aromatic heterocycles. The molecule has 0 aromatic carbocycles. The van der Waals surface area contributed by atoms with Crippen molar-refractivity contribution in [2.45, 2.75) is 19.8 Å². The highest BCUT2D eigenvalue weighted by molar-refractivity contribution is 4.83. The summed E-state index contributed by atoms with van der Waals surface area (Å²) in [5.74, 6) is 0.815. The van der Waals surface area contributed by atoms with Crippen LogP contribution in [0.2, 0.25) is 0 Å². The van der Waals surface area contributed by atoms with Crippen LogP contribution in [0, 0.1) is 12.3 Å². The normalized spacial score (nSPS) is 25.8. The summed E-state index contributed by atoms with van der Waals surface area (Å²) < 4.78 is 0. The van der Waals surface area contributed by atoms with Gasteiger partial charge in [0.15, 0.2) is 0 Å². The predicted octanol–water partition coefficient (Wildman–Crippen LogP) is 1.50. The Morgan fingerprint density at radius 3 is 2.20 bits per heavy atom. The molecule has 1 atom stereocenters. The van der Waals surface area contributed by atoms with Crippen molar-refractivity contribution in [1.82, 2.24) is 0 Å². The summed E-state index contributed by atoms with van der Waals surface area (Å²) in [5.41, 5.74) is 0. The van der Waals surface area contributed by atoms with Crippen LogP contribution in [0.15, 0.2) is 0 Å². The first kappa shape index (κ1) is 3.20. The molecule has 0 nitrogen and oxygen atoms in total. The van der Waals surface area contributed by atoms with Crippen molar-refractivity contribution in [1.29, 1.82) is 0 Å². The molecule has 1 aliphatic rings. The van der Waals surface area contributed by atoms with E-state index in [-0.39, 0.29) is 0 Å². The van der Waals surface area contributed by atoms with Crippen molar-refractivity contribution in [3.05, 3.63) is 6.42 Å². The minimum atomic E-state index is 0.815. The first-order chi connectivity index (χ1) is 2.39. The molecule has 1 unspecified atom stereocenters. The summed E-state index contributed by atoms with van der Waals surface area (Å²) in [6, 6.07) is 0. The molecule has 0 N–H and O–H groups in total. The van der Waals surface area contributed by atoms with Crippen molar-refractivity contribution in [2.75, 3.05) is 0 Å². The molecule has 0 bridgehead atoms. The van der Waals surface area contributed by atoms with Gasteiger partial charge in [0, 0.05) is 0 Å². The molecule has 1 rings (SSSR count). The Bertz CT molecular complexity index is 27.0. The molecule has 2 radical (unpaired) electrons. The highest BCUT2D eigenvalue weighted by atomic mass is 14.1. The Hall–Kier alpha value is 0. The molecule has 5 heavy (non-hydrogen) atoms. The van der Waals surface area contributed by atoms with Gasteiger partial charge in [0.2, 0.25) is 0 Å². The van der Waals surface area contributed by atoms with Gasteiger partial charge < -0.3 is 0 Å². The molecular formula is C5H8. The Labute approximate surface area is 33.2 Å². The van der Waals surface area contributed by atoms with E-state index >= 15 is 0 Å². The molecule has 0 heteroatoms. The summed E-state index contributed by atoms with van der Waals surface area (Å²) in [5, 5.41) is 0. The van der Waals surface area contributed by atoms with E-state index in [0.717, 1.165) is 5.92 Å². The third-order valence-electron chi connectivity index (χ3n) is 1.07. The largest absolute Gasteiger partial charge is 0.0619 e. The van der Waals surface area contributed by atoms with Crippen LogP contribution in [0.5, 0.6) is 0 Å². The predicted molar refractivity (Wildman–Crippen MR) is 21.6 cm³/mol. The Kier molecular flexibility index (Phi) is 0.640. The minimum absolute atomic E-state index is 0.815. The fourth-order valence-electron chi connectivity index (χ4n) is 0.433. The molecule has 0 saturated heterocycles. The molecule has 1 aliphatic carbocycles. The number of rotatable bonds is 0. The maximum atomic E-state index is 3.21. The van der Waals surface area contributed by atoms with Crippen LogP contribution < -0.4 is 0 Å². The third-order valence-corrected chi connectivity index (χ3v) is 1.07. The standard InChI is InChI=1S/C5H8/c1-5-3-2-4-5/h5H,2-3H2,1H3. The van der Waals surface area contributed by atoms with Crippen molar-refractivity contribution < 1.29 is 0 Å². The Morgan fingerprint density at radius 2 is 2.20 bits per heavy atom. The van der Waals surface area contributed by atoms with E-state index in [4.69, 9.17) is 0 Å². The van der Waals surface area contributed by atoms with Gasteiger partial charge in [-0.1, -0.05) is 6.92 Å². The quantitative estimate of drug-likeness (QED) is 0.403. The second-order valence-electron chi connectivity index (χ2n) is 1.64. The van der Waals surface area contributed by atoms with Gasteiger partial charge in [0.05, 0.1) is 0 Å². The van der Waals surface area contributed by atoms with Crippen LogP contribution in [-0.2, 0) is 0 Å². The molecule has 0 aromatic rings. The summed E-state index contributed by atoms with van der Waals surface area (Å²) in [6.45, 7) is 2.20. The fraction of sp³-hybridized carbons (Fsp3) is 0.800. The van der Waals surface area contributed by atoms with E-state index in [1.54, 1.807) is 0 Å². The molecule has 0 aliphatic heterocycles. The van der Waals surface area contributed by atoms with Crippen LogP contribution in [0.3, 0.4) is 0 Å². The maximum Gasteiger partial charge on any atom is -0.0142 e. The van der Waals surface area contributed by atoms with Crippen molar-refractivity contribution in [2.24, 2.45) is 5.92 Å². The first-order valence-electron chi connectivity index (χ1n) is 2.13. The average molecular weight is 68.1 g/mol. The fourth-order valence-corrected chi connectivity index (χ4v) is 0.433. The van der Waals surface area contributed by atoms with Crippen molar-refractivity contribution in [3.8, 4) is 0 Å². The van der Waals surface area contributed by atoms with Crippen LogP contribution in [0.25, 0.3) is 0 Å². The van der Waals surface area contributed by atoms with Crippen LogP contribution in [-0.4, -0.2) is 0 Å². The van der Waals surface area contributed by atoms with Crippen LogP contribution >= 0.6 is 0 Å². The molecular weight excluding hydrogens is 60.1 g/mol. The zero-order valence-corrected chi connectivity index (χ0v) is 3.49. The van der Waals surface area contributed by atoms with E-state index in [1.807, 2.05) is 0 Å². The summed E-state index contributed by atoms with van der Waals surface area (Å²) in [4.78, 5) is 0. The van der Waals surface area contributed by atoms with E-state index in [2.05, 4.69) is 13.3 Å². The van der Waals surface area contributed by atoms with E-state index < -0.39 is 0 Å². The highest BCUT2D eigenvalue weighted by Crippen LogP contribution is 2.22. The van der Waals surface area contributed by atoms with Gasteiger partial charge in [-0.2, -0.15) is 0 Å². The molecule has 0 spiro atoms. The summed E-state index contributed by atoms with van der Waals surface area (Å²) >= 11 is 0. The highest BCUT2D eigenvalue weighted by Gasteiger charge is 2.10. The zero-order chi connectivity index (χ0) is 3.70. The number of hydrogen-bond donors (Lipinski definition) is 0. The smallest absolute Gasteiger partial charge is 0.0142 e. The lowest BCUT2D eigenvalue weighted by Crippen LogP contribution is -2.05. The average Bonchev–Trinajstić information content (AvgIpc) is 1.30. The van der Waals surface area contributed by atoms with Gasteiger partial charge in [-0.3, -0.25) is 0 Å². The lowest BCUT2D eigenvalue weighted by Gasteiger charge is -2.17. The second kappa shape index (κ2) is 1.00. The van der Waals surface area contributed by atoms with E-state index in [9.17, 15) is 0 Å². The summed E-state index contributed by atoms with van der Waals surface area (Å²) in [7, 11) is 0. The van der Waals surface area contributed by atoms with Crippen LogP contribution in [0.1, 0.15) is 19.8 Å². The molecule has 0 amide bonds. The first-order valence-corrected chi connectivity index (χ1v) is 2.13. The molecule has 0 heterocycles. The minimum Gasteiger partial charge on any atom is -0.0619 e. The molecule has 28 valence electrons. The Balaban J connectivity index is 2.08. The van der Waals surface area contributed by atoms with Gasteiger partial charge in [0.25, 0.3) is 0 Å². The van der Waals surface area contributed by atoms with Crippen molar-refractivity contribution >= 4 is 0 Å². The van der Waals surface area contributed by atoms with Crippen LogP contribution in [0.4, 0.5) is 0 Å². The van der Waals surface area contributed by atoms with Gasteiger partial charge in [0.1, 0.15) is 0 Å². The zero-order valence-electron chi connectivity index (χ0n) is 3.49. The molecule has 1 saturated carbocycles. The van der Waals surface area contributed by atoms with E-state index in [1.165, 1.54) is 12.8 Å². The maximum absolute atomic E-state index is 3.21. The SMILES string of the molecule is CC1[C]CC1. The number of hydrogen-bond acceptors (Lipinski definition) is 0. The van der Waals surface area contributed by atoms with Gasteiger partial charge in [-0.15, -0.1) is 0 Å². The van der Waals surface area contributed by atoms with Gasteiger partial charge in [-0.05, 0) is 25.2 Å². The summed E-state index contributed by atoms with van der Waals surface area (Å²) in [6.07, 6.45) is 5.82. The van der Waals surface area contributed by atoms with E-state index in [0.29, 0.717) is 0 Å². The second-order valence-corrected chi connectivity index (χ2v) is 1.64. The van der Waals surface area contributed by atoms with Crippen molar-refractivity contribution in [3.63, 3.8) is 0 Å². The lowest BCUT2D eigenvalue weighted by molar-refractivity contribution is 0.472. The van der Waals surface area contributed by atoms with Gasteiger partial charge in [-0.25, -0.2) is 0 Å². The monoisotopic (exact) mass is 68.1 g/mol. The van der Waals surface area contributed by atoms with Gasteiger partial charge >= 0.3 is 0 Å². The lowest BCUT2D eigenvalue weighted by atomic mass is 9.88. The molecule has 1 fully saturated rings.